The van der Waals surface area contributed by atoms with Crippen LogP contribution in [0.4, 0.5) is 18.9 Å². The second kappa shape index (κ2) is 8.09. The van der Waals surface area contributed by atoms with Crippen molar-refractivity contribution in [2.24, 2.45) is 0 Å². The zero-order valence-corrected chi connectivity index (χ0v) is 14.1. The molecule has 0 atom stereocenters. The van der Waals surface area contributed by atoms with Crippen LogP contribution in [0, 0.1) is 0 Å². The standard InChI is InChI=1S/C17H13ClF3NO4/c1-25-14-6-5-12(8-13(14)18)22-15(23)9-26-16(24)10-3-2-4-11(7-10)17(19,20)21/h2-8H,9H2,1H3,(H,22,23). The van der Waals surface area contributed by atoms with Gasteiger partial charge in [0.2, 0.25) is 0 Å². The van der Waals surface area contributed by atoms with Crippen LogP contribution in [0.2, 0.25) is 5.02 Å². The molecule has 138 valence electrons. The summed E-state index contributed by atoms with van der Waals surface area (Å²) in [4.78, 5) is 23.6. The molecular weight excluding hydrogens is 375 g/mol. The van der Waals surface area contributed by atoms with Gasteiger partial charge in [0.1, 0.15) is 5.75 Å². The van der Waals surface area contributed by atoms with Gasteiger partial charge >= 0.3 is 12.1 Å². The monoisotopic (exact) mass is 387 g/mol. The molecule has 0 aromatic heterocycles. The summed E-state index contributed by atoms with van der Waals surface area (Å²) >= 11 is 5.92. The highest BCUT2D eigenvalue weighted by molar-refractivity contribution is 6.32. The summed E-state index contributed by atoms with van der Waals surface area (Å²) in [5, 5.41) is 2.71. The number of nitrogens with one attached hydrogen (secondary N) is 1. The summed E-state index contributed by atoms with van der Waals surface area (Å²) in [6.07, 6.45) is -4.58. The van der Waals surface area contributed by atoms with Crippen LogP contribution < -0.4 is 10.1 Å². The van der Waals surface area contributed by atoms with Crippen molar-refractivity contribution < 1.29 is 32.2 Å². The highest BCUT2D eigenvalue weighted by Gasteiger charge is 2.31. The smallest absolute Gasteiger partial charge is 0.416 e. The molecule has 0 spiro atoms. The van der Waals surface area contributed by atoms with Gasteiger partial charge in [-0.1, -0.05) is 17.7 Å². The molecule has 2 rings (SSSR count). The quantitative estimate of drug-likeness (QED) is 0.782. The molecule has 5 nitrogen and oxygen atoms in total. The maximum Gasteiger partial charge on any atom is 0.416 e. The molecule has 1 N–H and O–H groups in total. The Morgan fingerprint density at radius 2 is 1.88 bits per heavy atom. The Bertz CT molecular complexity index is 824. The van der Waals surface area contributed by atoms with Crippen molar-refractivity contribution in [3.8, 4) is 5.75 Å². The van der Waals surface area contributed by atoms with Crippen molar-refractivity contribution in [3.05, 3.63) is 58.6 Å². The van der Waals surface area contributed by atoms with Crippen LogP contribution in [-0.4, -0.2) is 25.6 Å². The maximum atomic E-state index is 12.6. The van der Waals surface area contributed by atoms with Crippen molar-refractivity contribution in [2.75, 3.05) is 19.0 Å². The van der Waals surface area contributed by atoms with Gasteiger partial charge in [0.25, 0.3) is 5.91 Å². The molecular formula is C17H13ClF3NO4. The molecule has 0 fully saturated rings. The lowest BCUT2D eigenvalue weighted by atomic mass is 10.1. The molecule has 9 heteroatoms. The Morgan fingerprint density at radius 1 is 1.15 bits per heavy atom. The average Bonchev–Trinajstić information content (AvgIpc) is 2.59. The van der Waals surface area contributed by atoms with Gasteiger partial charge in [0.15, 0.2) is 6.61 Å². The molecule has 0 saturated carbocycles. The number of benzene rings is 2. The number of carbonyl (C=O) groups is 2. The highest BCUT2D eigenvalue weighted by atomic mass is 35.5. The number of rotatable bonds is 5. The summed E-state index contributed by atoms with van der Waals surface area (Å²) in [5.41, 5.74) is -0.944. The fraction of sp³-hybridized carbons (Fsp3) is 0.176. The van der Waals surface area contributed by atoms with E-state index in [1.54, 1.807) is 0 Å². The molecule has 0 radical (unpaired) electrons. The van der Waals surface area contributed by atoms with Gasteiger partial charge in [-0.25, -0.2) is 4.79 Å². The lowest BCUT2D eigenvalue weighted by Crippen LogP contribution is -2.21. The van der Waals surface area contributed by atoms with Crippen molar-refractivity contribution in [1.82, 2.24) is 0 Å². The lowest BCUT2D eigenvalue weighted by molar-refractivity contribution is -0.137. The zero-order chi connectivity index (χ0) is 19.3. The van der Waals surface area contributed by atoms with Crippen LogP contribution >= 0.6 is 11.6 Å². The van der Waals surface area contributed by atoms with Gasteiger partial charge in [-0.2, -0.15) is 13.2 Å². The Labute approximate surface area is 151 Å². The van der Waals surface area contributed by atoms with E-state index in [9.17, 15) is 22.8 Å². The zero-order valence-electron chi connectivity index (χ0n) is 13.4. The third-order valence-electron chi connectivity index (χ3n) is 3.20. The molecule has 0 aliphatic rings. The molecule has 1 amide bonds. The Morgan fingerprint density at radius 3 is 2.50 bits per heavy atom. The minimum Gasteiger partial charge on any atom is -0.495 e. The second-order valence-electron chi connectivity index (χ2n) is 5.05. The summed E-state index contributed by atoms with van der Waals surface area (Å²) in [6, 6.07) is 8.23. The number of anilines is 1. The molecule has 0 bridgehead atoms. The molecule has 0 aliphatic heterocycles. The van der Waals surface area contributed by atoms with E-state index in [4.69, 9.17) is 21.1 Å². The first-order valence-electron chi connectivity index (χ1n) is 7.18. The SMILES string of the molecule is COc1ccc(NC(=O)COC(=O)c2cccc(C(F)(F)F)c2)cc1Cl. The van der Waals surface area contributed by atoms with Crippen LogP contribution in [0.25, 0.3) is 0 Å². The fourth-order valence-corrected chi connectivity index (χ4v) is 2.24. The number of hydrogen-bond donors (Lipinski definition) is 1. The number of carbonyl (C=O) groups excluding carboxylic acids is 2. The van der Waals surface area contributed by atoms with Crippen LogP contribution in [-0.2, 0) is 15.7 Å². The van der Waals surface area contributed by atoms with Crippen molar-refractivity contribution in [2.45, 2.75) is 6.18 Å². The van der Waals surface area contributed by atoms with E-state index in [-0.39, 0.29) is 10.6 Å². The second-order valence-corrected chi connectivity index (χ2v) is 5.46. The van der Waals surface area contributed by atoms with E-state index >= 15 is 0 Å². The van der Waals surface area contributed by atoms with E-state index in [2.05, 4.69) is 5.32 Å². The number of methoxy groups -OCH3 is 1. The predicted molar refractivity (Wildman–Crippen MR) is 88.4 cm³/mol. The molecule has 2 aromatic carbocycles. The summed E-state index contributed by atoms with van der Waals surface area (Å²) in [6.45, 7) is -0.668. The van der Waals surface area contributed by atoms with E-state index in [1.807, 2.05) is 0 Å². The first kappa shape index (κ1) is 19.6. The van der Waals surface area contributed by atoms with E-state index in [0.717, 1.165) is 12.1 Å². The van der Waals surface area contributed by atoms with Gasteiger partial charge in [0.05, 0.1) is 23.3 Å². The van der Waals surface area contributed by atoms with Crippen LogP contribution in [0.1, 0.15) is 15.9 Å². The highest BCUT2D eigenvalue weighted by Crippen LogP contribution is 2.30. The summed E-state index contributed by atoms with van der Waals surface area (Å²) in [7, 11) is 1.44. The van der Waals surface area contributed by atoms with Crippen molar-refractivity contribution >= 4 is 29.2 Å². The first-order chi connectivity index (χ1) is 12.2. The van der Waals surface area contributed by atoms with Crippen LogP contribution in [0.3, 0.4) is 0 Å². The van der Waals surface area contributed by atoms with E-state index in [0.29, 0.717) is 17.5 Å². The Kier molecular flexibility index (Phi) is 6.10. The fourth-order valence-electron chi connectivity index (χ4n) is 1.98. The maximum absolute atomic E-state index is 12.6. The third-order valence-corrected chi connectivity index (χ3v) is 3.49. The Balaban J connectivity index is 1.95. The lowest BCUT2D eigenvalue weighted by Gasteiger charge is -2.10. The van der Waals surface area contributed by atoms with Crippen molar-refractivity contribution in [3.63, 3.8) is 0 Å². The van der Waals surface area contributed by atoms with Gasteiger partial charge in [0, 0.05) is 5.69 Å². The largest absolute Gasteiger partial charge is 0.495 e. The molecule has 2 aromatic rings. The minimum atomic E-state index is -4.58. The molecule has 0 saturated heterocycles. The topological polar surface area (TPSA) is 64.6 Å². The van der Waals surface area contributed by atoms with Gasteiger partial charge in [-0.05, 0) is 36.4 Å². The molecule has 26 heavy (non-hydrogen) atoms. The van der Waals surface area contributed by atoms with Gasteiger partial charge in [-0.15, -0.1) is 0 Å². The summed E-state index contributed by atoms with van der Waals surface area (Å²) in [5.74, 6) is -1.30. The Hall–Kier alpha value is -2.74. The number of ether oxygens (including phenoxy) is 2. The van der Waals surface area contributed by atoms with Crippen LogP contribution in [0.15, 0.2) is 42.5 Å². The number of hydrogen-bond acceptors (Lipinski definition) is 4. The third kappa shape index (κ3) is 5.13. The minimum absolute atomic E-state index is 0.270. The molecule has 0 unspecified atom stereocenters. The normalized spacial score (nSPS) is 11.0. The van der Waals surface area contributed by atoms with Gasteiger partial charge < -0.3 is 14.8 Å². The number of halogens is 4. The average molecular weight is 388 g/mol. The van der Waals surface area contributed by atoms with Gasteiger partial charge in [-0.3, -0.25) is 4.79 Å². The van der Waals surface area contributed by atoms with E-state index < -0.39 is 30.2 Å². The molecule has 0 aliphatic carbocycles. The number of alkyl halides is 3. The van der Waals surface area contributed by atoms with Crippen molar-refractivity contribution in [1.29, 1.82) is 0 Å². The first-order valence-corrected chi connectivity index (χ1v) is 7.56. The van der Waals surface area contributed by atoms with E-state index in [1.165, 1.54) is 31.4 Å². The predicted octanol–water partition coefficient (Wildman–Crippen LogP) is 4.16. The number of esters is 1. The number of amides is 1. The molecule has 0 heterocycles. The summed E-state index contributed by atoms with van der Waals surface area (Å²) < 4.78 is 47.6. The van der Waals surface area contributed by atoms with Crippen LogP contribution in [0.5, 0.6) is 5.75 Å².